The number of nitrogens with one attached hydrogen (secondary N) is 1. The van der Waals surface area contributed by atoms with Gasteiger partial charge >= 0.3 is 0 Å². The molecule has 4 rings (SSSR count). The van der Waals surface area contributed by atoms with Crippen LogP contribution in [-0.2, 0) is 0 Å². The third-order valence-corrected chi connectivity index (χ3v) is 5.01. The first-order valence-electron chi connectivity index (χ1n) is 8.88. The molecule has 2 saturated carbocycles. The zero-order valence-corrected chi connectivity index (χ0v) is 15.4. The fraction of sp³-hybridized carbons (Fsp3) is 0.611. The number of nitrogens with two attached hydrogens (primary N) is 1. The molecule has 2 heterocycles. The Labute approximate surface area is 153 Å². The van der Waals surface area contributed by atoms with Gasteiger partial charge in [0.25, 0.3) is 11.6 Å². The molecule has 1 atom stereocenters. The molecular weight excluding hydrogens is 340 g/mol. The van der Waals surface area contributed by atoms with E-state index in [0.717, 1.165) is 29.6 Å². The van der Waals surface area contributed by atoms with Crippen LogP contribution < -0.4 is 11.1 Å². The van der Waals surface area contributed by atoms with E-state index >= 15 is 0 Å². The van der Waals surface area contributed by atoms with E-state index in [1.54, 1.807) is 0 Å². The van der Waals surface area contributed by atoms with Crippen LogP contribution in [0, 0.1) is 5.92 Å². The number of amides is 1. The first kappa shape index (κ1) is 18.1. The van der Waals surface area contributed by atoms with Gasteiger partial charge in [0, 0.05) is 24.2 Å². The number of pyridine rings is 1. The zero-order chi connectivity index (χ0) is 16.8. The fourth-order valence-electron chi connectivity index (χ4n) is 3.15. The summed E-state index contributed by atoms with van der Waals surface area (Å²) < 4.78 is 5.43. The molecule has 25 heavy (non-hydrogen) atoms. The molecule has 3 N–H and O–H groups in total. The van der Waals surface area contributed by atoms with Gasteiger partial charge in [-0.2, -0.15) is 0 Å². The van der Waals surface area contributed by atoms with E-state index in [2.05, 4.69) is 15.5 Å². The Morgan fingerprint density at radius 1 is 1.36 bits per heavy atom. The second kappa shape index (κ2) is 6.92. The summed E-state index contributed by atoms with van der Waals surface area (Å²) >= 11 is 0. The van der Waals surface area contributed by atoms with Gasteiger partial charge in [-0.1, -0.05) is 19.0 Å². The maximum absolute atomic E-state index is 12.8. The first-order valence-corrected chi connectivity index (χ1v) is 8.88. The summed E-state index contributed by atoms with van der Waals surface area (Å²) in [5.41, 5.74) is 8.92. The van der Waals surface area contributed by atoms with Gasteiger partial charge in [-0.3, -0.25) is 4.79 Å². The van der Waals surface area contributed by atoms with Crippen LogP contribution in [0.3, 0.4) is 0 Å². The van der Waals surface area contributed by atoms with Crippen LogP contribution in [0.2, 0.25) is 0 Å². The molecule has 2 fully saturated rings. The molecule has 2 aliphatic carbocycles. The van der Waals surface area contributed by atoms with Gasteiger partial charge in [0.1, 0.15) is 0 Å². The van der Waals surface area contributed by atoms with E-state index in [4.69, 9.17) is 10.3 Å². The number of nitrogens with zero attached hydrogens (tertiary/aromatic N) is 2. The quantitative estimate of drug-likeness (QED) is 0.821. The van der Waals surface area contributed by atoms with Crippen LogP contribution in [0.5, 0.6) is 0 Å². The van der Waals surface area contributed by atoms with Crippen molar-refractivity contribution in [1.82, 2.24) is 15.5 Å². The molecule has 1 unspecified atom stereocenters. The molecule has 0 aromatic carbocycles. The van der Waals surface area contributed by atoms with Crippen molar-refractivity contribution in [2.45, 2.75) is 57.4 Å². The summed E-state index contributed by atoms with van der Waals surface area (Å²) in [6.45, 7) is 4.59. The van der Waals surface area contributed by atoms with Gasteiger partial charge < -0.3 is 15.6 Å². The number of hydrogen-bond donors (Lipinski definition) is 2. The maximum Gasteiger partial charge on any atom is 0.259 e. The summed E-state index contributed by atoms with van der Waals surface area (Å²) in [5.74, 6) is 1.07. The highest BCUT2D eigenvalue weighted by atomic mass is 35.5. The van der Waals surface area contributed by atoms with Crippen LogP contribution in [-0.4, -0.2) is 28.6 Å². The van der Waals surface area contributed by atoms with E-state index < -0.39 is 0 Å². The van der Waals surface area contributed by atoms with Crippen molar-refractivity contribution in [3.05, 3.63) is 23.0 Å². The molecule has 1 amide bonds. The average Bonchev–Trinajstić information content (AvgIpc) is 3.46. The van der Waals surface area contributed by atoms with Crippen molar-refractivity contribution in [3.63, 3.8) is 0 Å². The van der Waals surface area contributed by atoms with E-state index in [-0.39, 0.29) is 30.3 Å². The topological polar surface area (TPSA) is 94.0 Å². The Hall–Kier alpha value is -1.66. The molecule has 2 aliphatic rings. The minimum absolute atomic E-state index is 0. The molecule has 0 aliphatic heterocycles. The van der Waals surface area contributed by atoms with Crippen LogP contribution >= 0.6 is 12.4 Å². The van der Waals surface area contributed by atoms with Crippen molar-refractivity contribution in [2.24, 2.45) is 11.7 Å². The Bertz CT molecular complexity index is 781. The molecular formula is C18H25ClN4O2. The molecule has 0 bridgehead atoms. The van der Waals surface area contributed by atoms with Crippen molar-refractivity contribution >= 4 is 29.4 Å². The third-order valence-electron chi connectivity index (χ3n) is 5.01. The highest BCUT2D eigenvalue weighted by Gasteiger charge is 2.31. The number of carbonyl (C=O) groups is 1. The Morgan fingerprint density at radius 2 is 2.08 bits per heavy atom. The molecule has 7 heteroatoms. The fourth-order valence-corrected chi connectivity index (χ4v) is 3.15. The highest BCUT2D eigenvalue weighted by Crippen LogP contribution is 2.41. The molecule has 0 spiro atoms. The summed E-state index contributed by atoms with van der Waals surface area (Å²) in [5, 5.41) is 7.89. The van der Waals surface area contributed by atoms with E-state index in [0.29, 0.717) is 29.7 Å². The van der Waals surface area contributed by atoms with Crippen LogP contribution in [0.15, 0.2) is 10.6 Å². The van der Waals surface area contributed by atoms with E-state index in [1.165, 1.54) is 12.8 Å². The summed E-state index contributed by atoms with van der Waals surface area (Å²) in [6.07, 6.45) is 4.59. The summed E-state index contributed by atoms with van der Waals surface area (Å²) in [6, 6.07) is 1.96. The molecule has 136 valence electrons. The Morgan fingerprint density at radius 3 is 2.68 bits per heavy atom. The van der Waals surface area contributed by atoms with Gasteiger partial charge in [0.2, 0.25) is 0 Å². The third kappa shape index (κ3) is 3.65. The number of rotatable bonds is 6. The van der Waals surface area contributed by atoms with Crippen molar-refractivity contribution in [2.75, 3.05) is 6.54 Å². The van der Waals surface area contributed by atoms with Crippen molar-refractivity contribution in [3.8, 4) is 0 Å². The zero-order valence-electron chi connectivity index (χ0n) is 14.6. The minimum atomic E-state index is -0.106. The molecule has 2 aromatic heterocycles. The summed E-state index contributed by atoms with van der Waals surface area (Å²) in [4.78, 5) is 17.4. The number of fused-ring (bicyclic) bond motifs is 1. The van der Waals surface area contributed by atoms with Crippen LogP contribution in [0.25, 0.3) is 11.1 Å². The van der Waals surface area contributed by atoms with Crippen molar-refractivity contribution in [1.29, 1.82) is 0 Å². The monoisotopic (exact) mass is 364 g/mol. The summed E-state index contributed by atoms with van der Waals surface area (Å²) in [7, 11) is 0. The van der Waals surface area contributed by atoms with E-state index in [1.807, 2.05) is 19.9 Å². The largest absolute Gasteiger partial charge is 0.350 e. The molecule has 0 saturated heterocycles. The Balaban J connectivity index is 0.00000182. The lowest BCUT2D eigenvalue weighted by Crippen LogP contribution is -2.38. The number of carbonyl (C=O) groups excluding carboxylic acids is 1. The van der Waals surface area contributed by atoms with Crippen molar-refractivity contribution < 1.29 is 9.32 Å². The average molecular weight is 365 g/mol. The maximum atomic E-state index is 12.8. The van der Waals surface area contributed by atoms with E-state index in [9.17, 15) is 4.79 Å². The molecule has 2 aromatic rings. The van der Waals surface area contributed by atoms with Gasteiger partial charge in [-0.05, 0) is 43.6 Å². The Kier molecular flexibility index (Phi) is 5.02. The second-order valence-electron chi connectivity index (χ2n) is 7.48. The van der Waals surface area contributed by atoms with Gasteiger partial charge in [0.15, 0.2) is 0 Å². The normalized spacial score (nSPS) is 18.2. The SMILES string of the molecule is CC(C)c1noc2nc(C3CC3)cc(C(=O)NCC(N)C3CC3)c12.Cl. The second-order valence-corrected chi connectivity index (χ2v) is 7.48. The molecule has 6 nitrogen and oxygen atoms in total. The lowest BCUT2D eigenvalue weighted by atomic mass is 10.0. The van der Waals surface area contributed by atoms with Crippen LogP contribution in [0.4, 0.5) is 0 Å². The smallest absolute Gasteiger partial charge is 0.259 e. The molecule has 0 radical (unpaired) electrons. The number of hydrogen-bond acceptors (Lipinski definition) is 5. The predicted molar refractivity (Wildman–Crippen MR) is 98.1 cm³/mol. The van der Waals surface area contributed by atoms with Gasteiger partial charge in [-0.15, -0.1) is 12.4 Å². The lowest BCUT2D eigenvalue weighted by molar-refractivity contribution is 0.0951. The van der Waals surface area contributed by atoms with Gasteiger partial charge in [0.05, 0.1) is 16.6 Å². The standard InChI is InChI=1S/C18H24N4O2.ClH/c1-9(2)16-15-12(17(23)20-8-13(19)10-3-4-10)7-14(11-5-6-11)21-18(15)24-22-16;/h7,9-11,13H,3-6,8,19H2,1-2H3,(H,20,23);1H. The predicted octanol–water partition coefficient (Wildman–Crippen LogP) is 3.11. The number of aromatic nitrogens is 2. The first-order chi connectivity index (χ1) is 11.5. The highest BCUT2D eigenvalue weighted by molar-refractivity contribution is 6.06. The lowest BCUT2D eigenvalue weighted by Gasteiger charge is -2.13. The number of halogens is 1. The van der Waals surface area contributed by atoms with Crippen LogP contribution in [0.1, 0.15) is 73.1 Å². The minimum Gasteiger partial charge on any atom is -0.350 e. The van der Waals surface area contributed by atoms with Gasteiger partial charge in [-0.25, -0.2) is 4.98 Å².